The fraction of sp³-hybridized carbons (Fsp3) is 0.364. The Balaban J connectivity index is 2.24. The first kappa shape index (κ1) is 14.0. The Morgan fingerprint density at radius 1 is 1.58 bits per heavy atom. The fourth-order valence-electron chi connectivity index (χ4n) is 1.55. The molecule has 0 aliphatic carbocycles. The highest BCUT2D eigenvalue weighted by atomic mass is 35.5. The Bertz CT molecular complexity index is 614. The predicted octanol–water partition coefficient (Wildman–Crippen LogP) is 1.68. The lowest BCUT2D eigenvalue weighted by Crippen LogP contribution is -2.42. The van der Waals surface area contributed by atoms with E-state index in [1.54, 1.807) is 12.1 Å². The maximum atomic E-state index is 11.4. The van der Waals surface area contributed by atoms with Crippen molar-refractivity contribution in [2.45, 2.75) is 12.5 Å². The topological polar surface area (TPSA) is 84.3 Å². The lowest BCUT2D eigenvalue weighted by Gasteiger charge is -2.21. The third-order valence-electron chi connectivity index (χ3n) is 2.61. The van der Waals surface area contributed by atoms with Gasteiger partial charge in [0.2, 0.25) is 0 Å². The summed E-state index contributed by atoms with van der Waals surface area (Å²) in [6.45, 7) is 1.31. The summed E-state index contributed by atoms with van der Waals surface area (Å²) in [5.41, 5.74) is 0.203. The monoisotopic (exact) mass is 301 g/mol. The van der Waals surface area contributed by atoms with E-state index >= 15 is 0 Å². The SMILES string of the molecule is COC(=O)C(C)(O)CNc1c(Cl)ccc2nsnc12. The van der Waals surface area contributed by atoms with E-state index in [9.17, 15) is 9.90 Å². The van der Waals surface area contributed by atoms with Crippen molar-refractivity contribution in [3.8, 4) is 0 Å². The average molecular weight is 302 g/mol. The lowest BCUT2D eigenvalue weighted by molar-refractivity contribution is -0.158. The Labute approximate surface area is 118 Å². The molecule has 2 aromatic rings. The summed E-state index contributed by atoms with van der Waals surface area (Å²) in [5, 5.41) is 13.3. The molecule has 0 aliphatic heterocycles. The first-order valence-electron chi connectivity index (χ1n) is 5.41. The van der Waals surface area contributed by atoms with Gasteiger partial charge in [0.15, 0.2) is 5.60 Å². The number of ether oxygens (including phenoxy) is 1. The van der Waals surface area contributed by atoms with E-state index in [1.807, 2.05) is 0 Å². The largest absolute Gasteiger partial charge is 0.467 e. The minimum atomic E-state index is -1.65. The van der Waals surface area contributed by atoms with Crippen LogP contribution in [0.1, 0.15) is 6.92 Å². The van der Waals surface area contributed by atoms with Crippen LogP contribution in [0.25, 0.3) is 11.0 Å². The molecule has 0 saturated carbocycles. The second-order valence-electron chi connectivity index (χ2n) is 4.17. The fourth-order valence-corrected chi connectivity index (χ4v) is 2.31. The van der Waals surface area contributed by atoms with Gasteiger partial charge in [0.05, 0.1) is 36.1 Å². The van der Waals surface area contributed by atoms with E-state index in [0.717, 1.165) is 11.7 Å². The van der Waals surface area contributed by atoms with E-state index < -0.39 is 11.6 Å². The van der Waals surface area contributed by atoms with Crippen molar-refractivity contribution < 1.29 is 14.6 Å². The molecule has 102 valence electrons. The maximum absolute atomic E-state index is 11.4. The summed E-state index contributed by atoms with van der Waals surface area (Å²) in [4.78, 5) is 11.4. The van der Waals surface area contributed by atoms with Crippen LogP contribution in [0, 0.1) is 0 Å². The number of aliphatic hydroxyl groups is 1. The van der Waals surface area contributed by atoms with Crippen molar-refractivity contribution in [3.05, 3.63) is 17.2 Å². The number of carbonyl (C=O) groups excluding carboxylic acids is 1. The van der Waals surface area contributed by atoms with E-state index in [4.69, 9.17) is 11.6 Å². The van der Waals surface area contributed by atoms with Gasteiger partial charge in [-0.05, 0) is 19.1 Å². The van der Waals surface area contributed by atoms with Gasteiger partial charge in [-0.2, -0.15) is 8.75 Å². The molecule has 1 unspecified atom stereocenters. The van der Waals surface area contributed by atoms with Crippen molar-refractivity contribution in [2.24, 2.45) is 0 Å². The Morgan fingerprint density at radius 2 is 2.32 bits per heavy atom. The van der Waals surface area contributed by atoms with Crippen LogP contribution in [-0.2, 0) is 9.53 Å². The molecule has 6 nitrogen and oxygen atoms in total. The third kappa shape index (κ3) is 2.78. The summed E-state index contributed by atoms with van der Waals surface area (Å²) in [6, 6.07) is 3.44. The number of halogens is 1. The van der Waals surface area contributed by atoms with Gasteiger partial charge in [0.25, 0.3) is 0 Å². The number of fused-ring (bicyclic) bond motifs is 1. The molecule has 1 atom stereocenters. The van der Waals surface area contributed by atoms with E-state index in [0.29, 0.717) is 21.7 Å². The molecule has 2 rings (SSSR count). The van der Waals surface area contributed by atoms with Crippen LogP contribution >= 0.6 is 23.3 Å². The number of nitrogens with one attached hydrogen (secondary N) is 1. The van der Waals surface area contributed by atoms with E-state index in [-0.39, 0.29) is 6.54 Å². The van der Waals surface area contributed by atoms with Crippen LogP contribution in [0.4, 0.5) is 5.69 Å². The van der Waals surface area contributed by atoms with E-state index in [1.165, 1.54) is 14.0 Å². The number of carbonyl (C=O) groups is 1. The van der Waals surface area contributed by atoms with Crippen LogP contribution in [0.15, 0.2) is 12.1 Å². The van der Waals surface area contributed by atoms with Gasteiger partial charge in [0, 0.05) is 0 Å². The van der Waals surface area contributed by atoms with Crippen LogP contribution in [0.3, 0.4) is 0 Å². The van der Waals surface area contributed by atoms with Crippen molar-refractivity contribution in [1.29, 1.82) is 0 Å². The summed E-state index contributed by atoms with van der Waals surface area (Å²) in [6.07, 6.45) is 0. The minimum Gasteiger partial charge on any atom is -0.467 e. The Kier molecular flexibility index (Phi) is 3.88. The highest BCUT2D eigenvalue weighted by Crippen LogP contribution is 2.30. The quantitative estimate of drug-likeness (QED) is 0.836. The lowest BCUT2D eigenvalue weighted by atomic mass is 10.1. The molecule has 1 aromatic carbocycles. The molecule has 0 aliphatic rings. The molecule has 0 fully saturated rings. The number of rotatable bonds is 4. The van der Waals surface area contributed by atoms with Crippen molar-refractivity contribution in [3.63, 3.8) is 0 Å². The average Bonchev–Trinajstić information content (AvgIpc) is 2.84. The number of benzene rings is 1. The molecule has 0 radical (unpaired) electrons. The summed E-state index contributed by atoms with van der Waals surface area (Å²) in [5.74, 6) is -0.722. The second-order valence-corrected chi connectivity index (χ2v) is 5.11. The summed E-state index contributed by atoms with van der Waals surface area (Å²) < 4.78 is 12.7. The number of hydrogen-bond acceptors (Lipinski definition) is 7. The predicted molar refractivity (Wildman–Crippen MR) is 73.6 cm³/mol. The number of nitrogens with zero attached hydrogens (tertiary/aromatic N) is 2. The van der Waals surface area contributed by atoms with Crippen LogP contribution in [0.2, 0.25) is 5.02 Å². The second kappa shape index (κ2) is 5.28. The van der Waals surface area contributed by atoms with Gasteiger partial charge in [-0.15, -0.1) is 0 Å². The van der Waals surface area contributed by atoms with Gasteiger partial charge in [-0.3, -0.25) is 0 Å². The number of methoxy groups -OCH3 is 1. The highest BCUT2D eigenvalue weighted by molar-refractivity contribution is 7.00. The van der Waals surface area contributed by atoms with Gasteiger partial charge < -0.3 is 15.2 Å². The molecule has 0 amide bonds. The summed E-state index contributed by atoms with van der Waals surface area (Å²) >= 11 is 7.15. The first-order chi connectivity index (χ1) is 8.95. The molecule has 19 heavy (non-hydrogen) atoms. The standard InChI is InChI=1S/C11H12ClN3O3S/c1-11(17,10(16)18-2)5-13-8-6(12)3-4-7-9(8)15-19-14-7/h3-4,13,17H,5H2,1-2H3. The normalized spacial score (nSPS) is 14.1. The molecule has 0 spiro atoms. The molecular formula is C11H12ClN3O3S. The van der Waals surface area contributed by atoms with Crippen LogP contribution < -0.4 is 5.32 Å². The number of esters is 1. The highest BCUT2D eigenvalue weighted by Gasteiger charge is 2.31. The molecule has 1 aromatic heterocycles. The number of anilines is 1. The van der Waals surface area contributed by atoms with Gasteiger partial charge in [-0.25, -0.2) is 4.79 Å². The third-order valence-corrected chi connectivity index (χ3v) is 3.47. The Morgan fingerprint density at radius 3 is 3.00 bits per heavy atom. The molecular weight excluding hydrogens is 290 g/mol. The Hall–Kier alpha value is -1.44. The van der Waals surface area contributed by atoms with Crippen molar-refractivity contribution >= 4 is 46.0 Å². The van der Waals surface area contributed by atoms with E-state index in [2.05, 4.69) is 18.8 Å². The van der Waals surface area contributed by atoms with Gasteiger partial charge in [0.1, 0.15) is 11.0 Å². The number of aromatic nitrogens is 2. The zero-order chi connectivity index (χ0) is 14.0. The molecule has 0 bridgehead atoms. The molecule has 0 saturated heterocycles. The number of hydrogen-bond donors (Lipinski definition) is 2. The first-order valence-corrected chi connectivity index (χ1v) is 6.52. The van der Waals surface area contributed by atoms with Crippen molar-refractivity contribution in [2.75, 3.05) is 19.0 Å². The summed E-state index contributed by atoms with van der Waals surface area (Å²) in [7, 11) is 1.22. The van der Waals surface area contributed by atoms with Gasteiger partial charge in [-0.1, -0.05) is 11.6 Å². The van der Waals surface area contributed by atoms with Crippen LogP contribution in [-0.4, -0.2) is 39.1 Å². The molecule has 1 heterocycles. The molecule has 2 N–H and O–H groups in total. The zero-order valence-electron chi connectivity index (χ0n) is 10.3. The van der Waals surface area contributed by atoms with Gasteiger partial charge >= 0.3 is 5.97 Å². The minimum absolute atomic E-state index is 0.0456. The zero-order valence-corrected chi connectivity index (χ0v) is 11.9. The smallest absolute Gasteiger partial charge is 0.339 e. The maximum Gasteiger partial charge on any atom is 0.339 e. The van der Waals surface area contributed by atoms with Crippen molar-refractivity contribution in [1.82, 2.24) is 8.75 Å². The molecule has 8 heteroatoms. The van der Waals surface area contributed by atoms with Crippen LogP contribution in [0.5, 0.6) is 0 Å².